The molecule has 1 atom stereocenters. The fraction of sp³-hybridized carbons (Fsp3) is 0.286. The second-order valence-corrected chi connectivity index (χ2v) is 13.1. The van der Waals surface area contributed by atoms with Crippen LogP contribution in [0.3, 0.4) is 0 Å². The van der Waals surface area contributed by atoms with E-state index >= 15 is 0 Å². The van der Waals surface area contributed by atoms with Crippen molar-refractivity contribution in [3.05, 3.63) is 116 Å². The molecule has 6 rings (SSSR count). The van der Waals surface area contributed by atoms with E-state index in [1.807, 2.05) is 54.6 Å². The summed E-state index contributed by atoms with van der Waals surface area (Å²) in [5.41, 5.74) is 4.86. The molecule has 2 fully saturated rings. The molecule has 1 aliphatic carbocycles. The van der Waals surface area contributed by atoms with Gasteiger partial charge in [-0.1, -0.05) is 89.6 Å². The molecule has 0 aromatic heterocycles. The van der Waals surface area contributed by atoms with Crippen molar-refractivity contribution in [2.75, 3.05) is 31.1 Å². The van der Waals surface area contributed by atoms with Gasteiger partial charge in [0.15, 0.2) is 0 Å². The first-order chi connectivity index (χ1) is 21.3. The number of aromatic hydroxyl groups is 1. The lowest BCUT2D eigenvalue weighted by atomic mass is 9.91. The zero-order valence-corrected chi connectivity index (χ0v) is 27.1. The zero-order chi connectivity index (χ0) is 30.8. The van der Waals surface area contributed by atoms with Crippen LogP contribution >= 0.6 is 46.4 Å². The number of rotatable bonds is 7. The van der Waals surface area contributed by atoms with Gasteiger partial charge < -0.3 is 15.3 Å². The number of hydrogen-bond donors (Lipinski definition) is 2. The first-order valence-electron chi connectivity index (χ1n) is 14.9. The number of piperazine rings is 1. The molecule has 1 amide bonds. The number of carbonyl (C=O) groups excluding carboxylic acids is 1. The van der Waals surface area contributed by atoms with Gasteiger partial charge in [0.25, 0.3) is 5.91 Å². The molecule has 1 aliphatic heterocycles. The smallest absolute Gasteiger partial charge is 0.251 e. The Kier molecular flexibility index (Phi) is 9.60. The maximum Gasteiger partial charge on any atom is 0.251 e. The van der Waals surface area contributed by atoms with Crippen LogP contribution < -0.4 is 10.2 Å². The van der Waals surface area contributed by atoms with E-state index in [-0.39, 0.29) is 23.7 Å². The number of halogens is 4. The van der Waals surface area contributed by atoms with Crippen LogP contribution in [0.1, 0.15) is 53.2 Å². The van der Waals surface area contributed by atoms with Gasteiger partial charge in [-0.2, -0.15) is 0 Å². The van der Waals surface area contributed by atoms with Crippen LogP contribution in [0.25, 0.3) is 11.1 Å². The molecule has 4 aromatic carbocycles. The summed E-state index contributed by atoms with van der Waals surface area (Å²) >= 11 is 25.7. The Morgan fingerprint density at radius 2 is 1.57 bits per heavy atom. The van der Waals surface area contributed by atoms with Gasteiger partial charge in [0.2, 0.25) is 0 Å². The second-order valence-electron chi connectivity index (χ2n) is 11.5. The molecule has 4 aromatic rings. The average molecular weight is 669 g/mol. The van der Waals surface area contributed by atoms with Crippen LogP contribution in [-0.4, -0.2) is 48.1 Å². The van der Waals surface area contributed by atoms with Gasteiger partial charge in [-0.05, 0) is 72.5 Å². The predicted molar refractivity (Wildman–Crippen MR) is 182 cm³/mol. The lowest BCUT2D eigenvalue weighted by Crippen LogP contribution is -2.48. The number of phenolic OH excluding ortho intramolecular Hbond substituents is 1. The van der Waals surface area contributed by atoms with Gasteiger partial charge in [-0.15, -0.1) is 0 Å². The molecule has 2 aliphatic rings. The van der Waals surface area contributed by atoms with E-state index in [0.29, 0.717) is 51.8 Å². The van der Waals surface area contributed by atoms with Crippen molar-refractivity contribution in [3.8, 4) is 16.9 Å². The lowest BCUT2D eigenvalue weighted by molar-refractivity contribution is 0.0937. The molecular weight excluding hydrogens is 636 g/mol. The van der Waals surface area contributed by atoms with Crippen LogP contribution in [0, 0.1) is 0 Å². The highest BCUT2D eigenvalue weighted by Crippen LogP contribution is 2.40. The average Bonchev–Trinajstić information content (AvgIpc) is 3.53. The maximum absolute atomic E-state index is 13.3. The highest BCUT2D eigenvalue weighted by atomic mass is 35.5. The van der Waals surface area contributed by atoms with Gasteiger partial charge in [-0.3, -0.25) is 9.69 Å². The molecule has 1 saturated carbocycles. The van der Waals surface area contributed by atoms with Crippen molar-refractivity contribution < 1.29 is 9.90 Å². The third-order valence-electron chi connectivity index (χ3n) is 8.67. The normalized spacial score (nSPS) is 16.7. The quantitative estimate of drug-likeness (QED) is 0.206. The number of hydrogen-bond acceptors (Lipinski definition) is 4. The largest absolute Gasteiger partial charge is 0.508 e. The number of phenols is 1. The maximum atomic E-state index is 13.3. The van der Waals surface area contributed by atoms with Gasteiger partial charge >= 0.3 is 0 Å². The monoisotopic (exact) mass is 667 g/mol. The number of nitrogens with zero attached hydrogens (tertiary/aromatic N) is 2. The molecular formula is C35H33Cl4N3O2. The Labute approximate surface area is 278 Å². The minimum atomic E-state index is -0.322. The summed E-state index contributed by atoms with van der Waals surface area (Å²) in [5.74, 6) is 0.105. The molecule has 1 heterocycles. The minimum Gasteiger partial charge on any atom is -0.508 e. The molecule has 0 bridgehead atoms. The van der Waals surface area contributed by atoms with E-state index in [4.69, 9.17) is 46.4 Å². The predicted octanol–water partition coefficient (Wildman–Crippen LogP) is 9.26. The van der Waals surface area contributed by atoms with Gasteiger partial charge in [0.1, 0.15) is 5.75 Å². The zero-order valence-electron chi connectivity index (χ0n) is 24.1. The summed E-state index contributed by atoms with van der Waals surface area (Å²) in [6.45, 7) is 2.80. The molecule has 1 unspecified atom stereocenters. The minimum absolute atomic E-state index is 0.0659. The first kappa shape index (κ1) is 31.1. The second kappa shape index (κ2) is 13.6. The Bertz CT molecular complexity index is 1670. The number of amides is 1. The van der Waals surface area contributed by atoms with E-state index in [0.717, 1.165) is 53.6 Å². The summed E-state index contributed by atoms with van der Waals surface area (Å²) in [4.78, 5) is 17.9. The van der Waals surface area contributed by atoms with Crippen LogP contribution in [0.4, 0.5) is 5.69 Å². The van der Waals surface area contributed by atoms with E-state index in [2.05, 4.69) is 15.1 Å². The standard InChI is InChI=1S/C35H33Cl4N3O2/c36-25-12-13-27(30(38)21-25)22-11-14-32(43)28(20-22)34(23-5-3-6-24(19-23)35(44)40-26-7-1-2-8-26)42-17-15-41(16-18-42)31-10-4-9-29(37)33(31)39/h3-6,9-14,19-21,26,34,43H,1-2,7-8,15-18H2,(H,40,44). The summed E-state index contributed by atoms with van der Waals surface area (Å²) < 4.78 is 0. The number of benzene rings is 4. The van der Waals surface area contributed by atoms with Crippen molar-refractivity contribution >= 4 is 58.0 Å². The van der Waals surface area contributed by atoms with E-state index in [1.165, 1.54) is 0 Å². The summed E-state index contributed by atoms with van der Waals surface area (Å²) in [5, 5.41) is 16.7. The van der Waals surface area contributed by atoms with E-state index in [9.17, 15) is 9.90 Å². The van der Waals surface area contributed by atoms with Crippen molar-refractivity contribution in [1.29, 1.82) is 0 Å². The third kappa shape index (κ3) is 6.68. The Balaban J connectivity index is 1.36. The Morgan fingerprint density at radius 1 is 0.818 bits per heavy atom. The molecule has 9 heteroatoms. The van der Waals surface area contributed by atoms with Crippen LogP contribution in [0.2, 0.25) is 20.1 Å². The van der Waals surface area contributed by atoms with Crippen molar-refractivity contribution in [2.45, 2.75) is 37.8 Å². The van der Waals surface area contributed by atoms with Gasteiger partial charge in [0, 0.05) is 59.0 Å². The molecule has 1 saturated heterocycles. The molecule has 228 valence electrons. The topological polar surface area (TPSA) is 55.8 Å². The first-order valence-corrected chi connectivity index (χ1v) is 16.4. The third-order valence-corrected chi connectivity index (χ3v) is 10.0. The number of nitrogens with one attached hydrogen (secondary N) is 1. The van der Waals surface area contributed by atoms with Gasteiger partial charge in [0.05, 0.1) is 21.8 Å². The van der Waals surface area contributed by atoms with E-state index < -0.39 is 0 Å². The van der Waals surface area contributed by atoms with Crippen LogP contribution in [-0.2, 0) is 0 Å². The fourth-order valence-electron chi connectivity index (χ4n) is 6.40. The van der Waals surface area contributed by atoms with E-state index in [1.54, 1.807) is 24.3 Å². The highest BCUT2D eigenvalue weighted by Gasteiger charge is 2.30. The summed E-state index contributed by atoms with van der Waals surface area (Å²) in [6.07, 6.45) is 4.32. The van der Waals surface area contributed by atoms with Crippen molar-refractivity contribution in [2.24, 2.45) is 0 Å². The number of carbonyl (C=O) groups is 1. The van der Waals surface area contributed by atoms with Crippen molar-refractivity contribution in [1.82, 2.24) is 10.2 Å². The Morgan fingerprint density at radius 3 is 2.32 bits per heavy atom. The number of anilines is 1. The molecule has 0 radical (unpaired) electrons. The van der Waals surface area contributed by atoms with Gasteiger partial charge in [-0.25, -0.2) is 0 Å². The van der Waals surface area contributed by atoms with Crippen LogP contribution in [0.15, 0.2) is 78.9 Å². The lowest BCUT2D eigenvalue weighted by Gasteiger charge is -2.41. The summed E-state index contributed by atoms with van der Waals surface area (Å²) in [6, 6.07) is 24.3. The summed E-state index contributed by atoms with van der Waals surface area (Å²) in [7, 11) is 0. The molecule has 5 nitrogen and oxygen atoms in total. The molecule has 0 spiro atoms. The fourth-order valence-corrected chi connectivity index (χ4v) is 7.33. The van der Waals surface area contributed by atoms with Crippen molar-refractivity contribution in [3.63, 3.8) is 0 Å². The molecule has 44 heavy (non-hydrogen) atoms. The Hall–Kier alpha value is -2.93. The SMILES string of the molecule is O=C(NC1CCCC1)c1cccc(C(c2cc(-c3ccc(Cl)cc3Cl)ccc2O)N2CCN(c3cccc(Cl)c3Cl)CC2)c1. The highest BCUT2D eigenvalue weighted by molar-refractivity contribution is 6.43. The molecule has 2 N–H and O–H groups in total. The van der Waals surface area contributed by atoms with Crippen LogP contribution in [0.5, 0.6) is 5.75 Å².